The fourth-order valence-corrected chi connectivity index (χ4v) is 2.88. The van der Waals surface area contributed by atoms with E-state index in [-0.39, 0.29) is 0 Å². The molecule has 3 nitrogen and oxygen atoms in total. The average molecular weight is 257 g/mol. The molecule has 0 saturated carbocycles. The first-order valence-corrected chi connectivity index (χ1v) is 6.98. The van der Waals surface area contributed by atoms with Crippen LogP contribution in [0.5, 0.6) is 5.75 Å². The molecular formula is C16H21N2O+. The van der Waals surface area contributed by atoms with Gasteiger partial charge in [-0.05, 0) is 36.2 Å². The lowest BCUT2D eigenvalue weighted by molar-refractivity contribution is -0.703. The molecule has 3 rings (SSSR count). The summed E-state index contributed by atoms with van der Waals surface area (Å²) < 4.78 is 7.58. The topological polar surface area (TPSA) is 30.8 Å². The third-order valence-electron chi connectivity index (χ3n) is 3.97. The number of aryl methyl sites for hydroxylation is 1. The first-order chi connectivity index (χ1) is 9.36. The van der Waals surface area contributed by atoms with Crippen LogP contribution in [0.3, 0.4) is 0 Å². The van der Waals surface area contributed by atoms with E-state index in [9.17, 15) is 0 Å². The first kappa shape index (κ1) is 12.3. The van der Waals surface area contributed by atoms with Gasteiger partial charge in [0.05, 0.1) is 25.9 Å². The molecule has 0 saturated heterocycles. The molecule has 2 aromatic rings. The van der Waals surface area contributed by atoms with Gasteiger partial charge in [0.2, 0.25) is 0 Å². The fraction of sp³-hybridized carbons (Fsp3) is 0.375. The van der Waals surface area contributed by atoms with Crippen molar-refractivity contribution in [1.82, 2.24) is 4.57 Å². The number of nitrogens with two attached hydrogens (primary N) is 1. The summed E-state index contributed by atoms with van der Waals surface area (Å²) in [7, 11) is 1.71. The lowest BCUT2D eigenvalue weighted by Crippen LogP contribution is -2.87. The highest BCUT2D eigenvalue weighted by molar-refractivity contribution is 5.27. The van der Waals surface area contributed by atoms with E-state index in [1.807, 2.05) is 12.1 Å². The van der Waals surface area contributed by atoms with Gasteiger partial charge in [0.1, 0.15) is 11.8 Å². The van der Waals surface area contributed by atoms with Crippen molar-refractivity contribution in [3.8, 4) is 5.75 Å². The minimum absolute atomic E-state index is 0.603. The SMILES string of the molecule is COc1ccc(CC[C@@H]2[NH2+]CCn3cccc32)cc1. The second kappa shape index (κ2) is 5.49. The van der Waals surface area contributed by atoms with Crippen LogP contribution in [-0.2, 0) is 13.0 Å². The Hall–Kier alpha value is -1.74. The van der Waals surface area contributed by atoms with Crippen molar-refractivity contribution < 1.29 is 10.1 Å². The van der Waals surface area contributed by atoms with Crippen LogP contribution in [0.1, 0.15) is 23.7 Å². The maximum Gasteiger partial charge on any atom is 0.127 e. The highest BCUT2D eigenvalue weighted by atomic mass is 16.5. The number of benzene rings is 1. The maximum absolute atomic E-state index is 5.19. The zero-order valence-corrected chi connectivity index (χ0v) is 11.4. The van der Waals surface area contributed by atoms with Gasteiger partial charge in [-0.2, -0.15) is 0 Å². The molecule has 1 aromatic carbocycles. The molecule has 2 N–H and O–H groups in total. The van der Waals surface area contributed by atoms with E-state index in [1.54, 1.807) is 7.11 Å². The molecule has 0 radical (unpaired) electrons. The molecule has 0 aliphatic carbocycles. The molecule has 3 heteroatoms. The molecule has 100 valence electrons. The standard InChI is InChI=1S/C16H20N2O/c1-19-14-7-4-13(5-8-14)6-9-15-16-3-2-11-18(16)12-10-17-15/h2-5,7-8,11,15,17H,6,9-10,12H2,1H3/p+1/t15-/m0/s1. The Morgan fingerprint density at radius 3 is 2.89 bits per heavy atom. The summed E-state index contributed by atoms with van der Waals surface area (Å²) in [6, 6.07) is 13.4. The Bertz CT molecular complexity index is 530. The minimum atomic E-state index is 0.603. The number of hydrogen-bond donors (Lipinski definition) is 1. The second-order valence-electron chi connectivity index (χ2n) is 5.14. The summed E-state index contributed by atoms with van der Waals surface area (Å²) in [4.78, 5) is 0. The van der Waals surface area contributed by atoms with Gasteiger partial charge in [0.15, 0.2) is 0 Å². The van der Waals surface area contributed by atoms with Crippen molar-refractivity contribution >= 4 is 0 Å². The first-order valence-electron chi connectivity index (χ1n) is 6.98. The molecule has 0 bridgehead atoms. The van der Waals surface area contributed by atoms with Gasteiger partial charge in [-0.25, -0.2) is 0 Å². The van der Waals surface area contributed by atoms with Gasteiger partial charge in [-0.15, -0.1) is 0 Å². The number of nitrogens with zero attached hydrogens (tertiary/aromatic N) is 1. The minimum Gasteiger partial charge on any atom is -0.497 e. The third-order valence-corrected chi connectivity index (χ3v) is 3.97. The summed E-state index contributed by atoms with van der Waals surface area (Å²) in [5, 5.41) is 2.47. The molecule has 0 amide bonds. The number of fused-ring (bicyclic) bond motifs is 1. The normalized spacial score (nSPS) is 18.1. The van der Waals surface area contributed by atoms with Gasteiger partial charge >= 0.3 is 0 Å². The van der Waals surface area contributed by atoms with Crippen LogP contribution in [0, 0.1) is 0 Å². The van der Waals surface area contributed by atoms with Gasteiger partial charge in [-0.1, -0.05) is 12.1 Å². The number of methoxy groups -OCH3 is 1. The lowest BCUT2D eigenvalue weighted by atomic mass is 10.0. The molecule has 1 aromatic heterocycles. The molecule has 1 aliphatic heterocycles. The Morgan fingerprint density at radius 1 is 1.26 bits per heavy atom. The Kier molecular flexibility index (Phi) is 3.56. The number of aromatic nitrogens is 1. The molecule has 2 heterocycles. The van der Waals surface area contributed by atoms with E-state index >= 15 is 0 Å². The quantitative estimate of drug-likeness (QED) is 0.889. The molecular weight excluding hydrogens is 236 g/mol. The van der Waals surface area contributed by atoms with E-state index in [0.717, 1.165) is 18.7 Å². The van der Waals surface area contributed by atoms with Crippen molar-refractivity contribution in [2.75, 3.05) is 13.7 Å². The predicted molar refractivity (Wildman–Crippen MR) is 75.3 cm³/mol. The molecule has 1 aliphatic rings. The zero-order valence-electron chi connectivity index (χ0n) is 11.4. The number of quaternary nitrogens is 1. The van der Waals surface area contributed by atoms with Crippen LogP contribution in [0.15, 0.2) is 42.6 Å². The Balaban J connectivity index is 1.64. The average Bonchev–Trinajstić information content (AvgIpc) is 2.94. The second-order valence-corrected chi connectivity index (χ2v) is 5.14. The van der Waals surface area contributed by atoms with Gasteiger partial charge in [0, 0.05) is 12.6 Å². The van der Waals surface area contributed by atoms with E-state index in [2.05, 4.69) is 40.3 Å². The maximum atomic E-state index is 5.19. The zero-order chi connectivity index (χ0) is 13.1. The van der Waals surface area contributed by atoms with Gasteiger partial charge in [0.25, 0.3) is 0 Å². The summed E-state index contributed by atoms with van der Waals surface area (Å²) in [6.07, 6.45) is 4.51. The van der Waals surface area contributed by atoms with Crippen molar-refractivity contribution in [3.63, 3.8) is 0 Å². The van der Waals surface area contributed by atoms with E-state index < -0.39 is 0 Å². The van der Waals surface area contributed by atoms with Crippen molar-refractivity contribution in [1.29, 1.82) is 0 Å². The Morgan fingerprint density at radius 2 is 2.11 bits per heavy atom. The smallest absolute Gasteiger partial charge is 0.127 e. The number of rotatable bonds is 4. The van der Waals surface area contributed by atoms with Crippen LogP contribution in [0.4, 0.5) is 0 Å². The fourth-order valence-electron chi connectivity index (χ4n) is 2.88. The van der Waals surface area contributed by atoms with Crippen molar-refractivity contribution in [2.45, 2.75) is 25.4 Å². The van der Waals surface area contributed by atoms with Gasteiger partial charge in [-0.3, -0.25) is 0 Å². The van der Waals surface area contributed by atoms with E-state index in [4.69, 9.17) is 4.74 Å². The predicted octanol–water partition coefficient (Wildman–Crippen LogP) is 1.75. The molecule has 0 spiro atoms. The molecule has 0 unspecified atom stereocenters. The highest BCUT2D eigenvalue weighted by Gasteiger charge is 2.22. The number of hydrogen-bond acceptors (Lipinski definition) is 1. The van der Waals surface area contributed by atoms with Crippen LogP contribution >= 0.6 is 0 Å². The van der Waals surface area contributed by atoms with Crippen molar-refractivity contribution in [3.05, 3.63) is 53.9 Å². The monoisotopic (exact) mass is 257 g/mol. The van der Waals surface area contributed by atoms with Crippen LogP contribution in [-0.4, -0.2) is 18.2 Å². The van der Waals surface area contributed by atoms with Crippen LogP contribution in [0.25, 0.3) is 0 Å². The molecule has 1 atom stereocenters. The molecule has 19 heavy (non-hydrogen) atoms. The van der Waals surface area contributed by atoms with Crippen molar-refractivity contribution in [2.24, 2.45) is 0 Å². The summed E-state index contributed by atoms with van der Waals surface area (Å²) in [5.41, 5.74) is 2.86. The van der Waals surface area contributed by atoms with E-state index in [1.165, 1.54) is 24.2 Å². The largest absolute Gasteiger partial charge is 0.497 e. The summed E-state index contributed by atoms with van der Waals surface area (Å²) in [6.45, 7) is 2.33. The van der Waals surface area contributed by atoms with Gasteiger partial charge < -0.3 is 14.6 Å². The molecule has 0 fully saturated rings. The number of ether oxygens (including phenoxy) is 1. The summed E-state index contributed by atoms with van der Waals surface area (Å²) >= 11 is 0. The highest BCUT2D eigenvalue weighted by Crippen LogP contribution is 2.19. The lowest BCUT2D eigenvalue weighted by Gasteiger charge is -2.23. The third kappa shape index (κ3) is 2.66. The summed E-state index contributed by atoms with van der Waals surface area (Å²) in [5.74, 6) is 0.932. The van der Waals surface area contributed by atoms with E-state index in [0.29, 0.717) is 6.04 Å². The van der Waals surface area contributed by atoms with Crippen LogP contribution in [0.2, 0.25) is 0 Å². The Labute approximate surface area is 114 Å². The van der Waals surface area contributed by atoms with Crippen LogP contribution < -0.4 is 10.1 Å².